The molecule has 0 bridgehead atoms. The van der Waals surface area contributed by atoms with Crippen LogP contribution in [0, 0.1) is 17.3 Å². The highest BCUT2D eigenvalue weighted by molar-refractivity contribution is 5.94. The molecule has 0 N–H and O–H groups in total. The first-order chi connectivity index (χ1) is 13.1. The Morgan fingerprint density at radius 2 is 1.85 bits per heavy atom. The van der Waals surface area contributed by atoms with Crippen LogP contribution in [-0.2, 0) is 11.2 Å². The first kappa shape index (κ1) is 18.9. The number of carbonyl (C=O) groups excluding carboxylic acids is 1. The van der Waals surface area contributed by atoms with E-state index in [0.29, 0.717) is 11.3 Å². The Bertz CT molecular complexity index is 645. The smallest absolute Gasteiger partial charge is 0.253 e. The van der Waals surface area contributed by atoms with Crippen LogP contribution in [0.3, 0.4) is 0 Å². The molecule has 0 radical (unpaired) electrons. The fourth-order valence-electron chi connectivity index (χ4n) is 4.98. The molecule has 148 valence electrons. The van der Waals surface area contributed by atoms with Crippen LogP contribution in [-0.4, -0.2) is 62.1 Å². The number of nitrogens with zero attached hydrogens (tertiary/aromatic N) is 2. The van der Waals surface area contributed by atoms with Gasteiger partial charge < -0.3 is 14.5 Å². The van der Waals surface area contributed by atoms with Crippen LogP contribution < -0.4 is 0 Å². The summed E-state index contributed by atoms with van der Waals surface area (Å²) in [7, 11) is 2.23. The van der Waals surface area contributed by atoms with Crippen molar-refractivity contribution in [3.05, 3.63) is 35.4 Å². The number of likely N-dealkylation sites (tertiary alicyclic amines) is 2. The lowest BCUT2D eigenvalue weighted by Crippen LogP contribution is -2.47. The summed E-state index contributed by atoms with van der Waals surface area (Å²) in [6, 6.07) is 8.14. The lowest BCUT2D eigenvalue weighted by Gasteiger charge is -2.42. The van der Waals surface area contributed by atoms with Crippen LogP contribution in [0.2, 0.25) is 0 Å². The number of hydrogen-bond donors (Lipinski definition) is 0. The molecule has 1 aromatic rings. The summed E-state index contributed by atoms with van der Waals surface area (Å²) in [5.41, 5.74) is 2.45. The van der Waals surface area contributed by atoms with Crippen molar-refractivity contribution in [3.8, 4) is 0 Å². The average Bonchev–Trinajstić information content (AvgIpc) is 3.46. The fourth-order valence-corrected chi connectivity index (χ4v) is 4.98. The summed E-state index contributed by atoms with van der Waals surface area (Å²) in [5.74, 6) is 1.64. The van der Waals surface area contributed by atoms with Crippen molar-refractivity contribution in [2.75, 3.05) is 46.4 Å². The second-order valence-electron chi connectivity index (χ2n) is 9.08. The van der Waals surface area contributed by atoms with Crippen LogP contribution in [0.25, 0.3) is 0 Å². The third-order valence-corrected chi connectivity index (χ3v) is 7.01. The van der Waals surface area contributed by atoms with Crippen molar-refractivity contribution in [2.24, 2.45) is 17.3 Å². The molecule has 0 aromatic heterocycles. The Kier molecular flexibility index (Phi) is 5.56. The third kappa shape index (κ3) is 4.22. The molecule has 27 heavy (non-hydrogen) atoms. The molecule has 2 heterocycles. The van der Waals surface area contributed by atoms with Crippen LogP contribution in [0.1, 0.15) is 48.5 Å². The molecular weight excluding hydrogens is 336 g/mol. The van der Waals surface area contributed by atoms with Gasteiger partial charge in [-0.05, 0) is 68.2 Å². The quantitative estimate of drug-likeness (QED) is 0.769. The van der Waals surface area contributed by atoms with Crippen molar-refractivity contribution in [1.29, 1.82) is 0 Å². The molecule has 2 aliphatic heterocycles. The van der Waals surface area contributed by atoms with Crippen molar-refractivity contribution in [1.82, 2.24) is 9.80 Å². The van der Waals surface area contributed by atoms with E-state index in [2.05, 4.69) is 35.9 Å². The molecular formula is C23H34N2O2. The minimum absolute atomic E-state index is 0.195. The first-order valence-electron chi connectivity index (χ1n) is 10.7. The van der Waals surface area contributed by atoms with E-state index in [0.717, 1.165) is 70.1 Å². The molecule has 2 saturated heterocycles. The van der Waals surface area contributed by atoms with E-state index in [1.54, 1.807) is 0 Å². The van der Waals surface area contributed by atoms with Crippen LogP contribution in [0.5, 0.6) is 0 Å². The van der Waals surface area contributed by atoms with Gasteiger partial charge in [0.25, 0.3) is 5.91 Å². The highest BCUT2D eigenvalue weighted by Gasteiger charge is 2.47. The number of piperidine rings is 1. The van der Waals surface area contributed by atoms with Gasteiger partial charge in [0.05, 0.1) is 6.61 Å². The maximum absolute atomic E-state index is 12.9. The summed E-state index contributed by atoms with van der Waals surface area (Å²) in [6.07, 6.45) is 5.93. The molecule has 1 atom stereocenters. The van der Waals surface area contributed by atoms with Gasteiger partial charge in [-0.15, -0.1) is 0 Å². The second-order valence-corrected chi connectivity index (χ2v) is 9.08. The van der Waals surface area contributed by atoms with Crippen molar-refractivity contribution in [2.45, 2.75) is 39.0 Å². The summed E-state index contributed by atoms with van der Waals surface area (Å²) in [5, 5.41) is 0. The Hall–Kier alpha value is -1.39. The SMILES string of the molecule is CCc1ccc(C(=O)N2CCC3(CC2)CN(C)CC3COCC2CC2)cc1. The molecule has 4 rings (SSSR count). The minimum atomic E-state index is 0.195. The van der Waals surface area contributed by atoms with Gasteiger partial charge in [0, 0.05) is 44.3 Å². The monoisotopic (exact) mass is 370 g/mol. The molecule has 1 aliphatic carbocycles. The lowest BCUT2D eigenvalue weighted by molar-refractivity contribution is 0.0180. The molecule has 1 aromatic carbocycles. The van der Waals surface area contributed by atoms with E-state index in [9.17, 15) is 4.79 Å². The number of amides is 1. The molecule has 1 amide bonds. The summed E-state index contributed by atoms with van der Waals surface area (Å²) >= 11 is 0. The topological polar surface area (TPSA) is 32.8 Å². The minimum Gasteiger partial charge on any atom is -0.381 e. The zero-order chi connectivity index (χ0) is 18.9. The average molecular weight is 371 g/mol. The molecule has 3 aliphatic rings. The number of carbonyl (C=O) groups is 1. The zero-order valence-corrected chi connectivity index (χ0v) is 17.0. The third-order valence-electron chi connectivity index (χ3n) is 7.01. The van der Waals surface area contributed by atoms with Crippen molar-refractivity contribution < 1.29 is 9.53 Å². The predicted octanol–water partition coefficient (Wildman–Crippen LogP) is 3.46. The molecule has 3 fully saturated rings. The summed E-state index contributed by atoms with van der Waals surface area (Å²) < 4.78 is 6.08. The first-order valence-corrected chi connectivity index (χ1v) is 10.7. The van der Waals surface area contributed by atoms with Gasteiger partial charge in [-0.25, -0.2) is 0 Å². The van der Waals surface area contributed by atoms with E-state index in [1.807, 2.05) is 12.1 Å². The van der Waals surface area contributed by atoms with Crippen LogP contribution in [0.15, 0.2) is 24.3 Å². The van der Waals surface area contributed by atoms with Gasteiger partial charge in [-0.2, -0.15) is 0 Å². The van der Waals surface area contributed by atoms with Crippen molar-refractivity contribution in [3.63, 3.8) is 0 Å². The molecule has 1 unspecified atom stereocenters. The summed E-state index contributed by atoms with van der Waals surface area (Å²) in [6.45, 7) is 8.03. The highest BCUT2D eigenvalue weighted by atomic mass is 16.5. The molecule has 1 spiro atoms. The number of rotatable bonds is 6. The van der Waals surface area contributed by atoms with Gasteiger partial charge in [0.1, 0.15) is 0 Å². The summed E-state index contributed by atoms with van der Waals surface area (Å²) in [4.78, 5) is 17.4. The van der Waals surface area contributed by atoms with Gasteiger partial charge in [0.15, 0.2) is 0 Å². The fraction of sp³-hybridized carbons (Fsp3) is 0.696. The zero-order valence-electron chi connectivity index (χ0n) is 17.0. The number of benzene rings is 1. The number of hydrogen-bond acceptors (Lipinski definition) is 3. The van der Waals surface area contributed by atoms with Gasteiger partial charge in [-0.1, -0.05) is 19.1 Å². The predicted molar refractivity (Wildman–Crippen MR) is 108 cm³/mol. The number of aryl methyl sites for hydroxylation is 1. The Morgan fingerprint density at radius 3 is 2.48 bits per heavy atom. The molecule has 4 heteroatoms. The highest BCUT2D eigenvalue weighted by Crippen LogP contribution is 2.44. The normalized spacial score (nSPS) is 25.3. The maximum Gasteiger partial charge on any atom is 0.253 e. The lowest BCUT2D eigenvalue weighted by atomic mass is 9.71. The van der Waals surface area contributed by atoms with E-state index >= 15 is 0 Å². The molecule has 1 saturated carbocycles. The van der Waals surface area contributed by atoms with Crippen LogP contribution >= 0.6 is 0 Å². The van der Waals surface area contributed by atoms with Gasteiger partial charge in [-0.3, -0.25) is 4.79 Å². The Labute approximate surface area is 163 Å². The maximum atomic E-state index is 12.9. The number of ether oxygens (including phenoxy) is 1. The van der Waals surface area contributed by atoms with E-state index < -0.39 is 0 Å². The van der Waals surface area contributed by atoms with E-state index in [-0.39, 0.29) is 5.91 Å². The Morgan fingerprint density at radius 1 is 1.15 bits per heavy atom. The second kappa shape index (κ2) is 7.92. The van der Waals surface area contributed by atoms with Gasteiger partial charge in [0.2, 0.25) is 0 Å². The van der Waals surface area contributed by atoms with E-state index in [4.69, 9.17) is 4.74 Å². The standard InChI is InChI=1S/C23H34N2O2/c1-3-18-6-8-20(9-7-18)22(26)25-12-10-23(11-13-25)17-24(2)14-21(23)16-27-15-19-4-5-19/h6-9,19,21H,3-5,10-17H2,1-2H3. The van der Waals surface area contributed by atoms with Gasteiger partial charge >= 0.3 is 0 Å². The largest absolute Gasteiger partial charge is 0.381 e. The van der Waals surface area contributed by atoms with E-state index in [1.165, 1.54) is 18.4 Å². The Balaban J connectivity index is 1.35. The van der Waals surface area contributed by atoms with Crippen molar-refractivity contribution >= 4 is 5.91 Å². The van der Waals surface area contributed by atoms with Crippen LogP contribution in [0.4, 0.5) is 0 Å². The molecule has 4 nitrogen and oxygen atoms in total.